The third-order valence-electron chi connectivity index (χ3n) is 3.37. The number of rotatable bonds is 5. The third kappa shape index (κ3) is 3.48. The molecule has 126 valence electrons. The average molecular weight is 479 g/mol. The molecule has 1 amide bonds. The van der Waals surface area contributed by atoms with E-state index in [1.165, 1.54) is 17.0 Å². The van der Waals surface area contributed by atoms with Crippen LogP contribution in [0.4, 0.5) is 15.8 Å². The van der Waals surface area contributed by atoms with Crippen LogP contribution in [-0.2, 0) is 4.79 Å². The first-order chi connectivity index (χ1) is 11.3. The van der Waals surface area contributed by atoms with Crippen LogP contribution in [0.5, 0.6) is 0 Å². The van der Waals surface area contributed by atoms with Gasteiger partial charge < -0.3 is 10.2 Å². The van der Waals surface area contributed by atoms with Gasteiger partial charge in [0.2, 0.25) is 6.41 Å². The minimum absolute atomic E-state index is 0.0370. The van der Waals surface area contributed by atoms with Crippen molar-refractivity contribution in [2.24, 2.45) is 0 Å². The van der Waals surface area contributed by atoms with E-state index in [0.717, 1.165) is 6.07 Å². The molecule has 0 heterocycles. The summed E-state index contributed by atoms with van der Waals surface area (Å²) in [6.07, 6.45) is 0.623. The Hall–Kier alpha value is -1.44. The summed E-state index contributed by atoms with van der Waals surface area (Å²) in [5.74, 6) is -1.03. The lowest BCUT2D eigenvalue weighted by Crippen LogP contribution is -2.18. The number of hydrogen-bond donors (Lipinski definition) is 1. The lowest BCUT2D eigenvalue weighted by molar-refractivity contribution is -0.107. The molecule has 0 spiro atoms. The number of amides is 1. The molecule has 4 nitrogen and oxygen atoms in total. The Morgan fingerprint density at radius 2 is 2.00 bits per heavy atom. The highest BCUT2D eigenvalue weighted by Gasteiger charge is 2.24. The van der Waals surface area contributed by atoms with Gasteiger partial charge in [0.15, 0.2) is 5.78 Å². The zero-order valence-corrected chi connectivity index (χ0v) is 16.6. The Labute approximate surface area is 160 Å². The molecule has 0 fully saturated rings. The molecule has 0 aliphatic rings. The van der Waals surface area contributed by atoms with Gasteiger partial charge in [0.1, 0.15) is 5.82 Å². The molecule has 0 radical (unpaired) electrons. The second-order valence-electron chi connectivity index (χ2n) is 4.86. The van der Waals surface area contributed by atoms with Gasteiger partial charge in [0.05, 0.1) is 26.4 Å². The van der Waals surface area contributed by atoms with E-state index in [-0.39, 0.29) is 16.1 Å². The number of hydrogen-bond acceptors (Lipinski definition) is 3. The Bertz CT molecular complexity index is 830. The summed E-state index contributed by atoms with van der Waals surface area (Å²) in [4.78, 5) is 25.4. The van der Waals surface area contributed by atoms with Crippen molar-refractivity contribution in [3.05, 3.63) is 55.2 Å². The lowest BCUT2D eigenvalue weighted by atomic mass is 10.0. The first-order valence-corrected chi connectivity index (χ1v) is 8.65. The van der Waals surface area contributed by atoms with E-state index in [1.807, 2.05) is 0 Å². The SMILES string of the molecule is CNc1cc(Br)c(C(=O)c2cc(F)ccc2Cl)c(Br)c1N(C)C=O. The topological polar surface area (TPSA) is 49.4 Å². The predicted octanol–water partition coefficient (Wildman–Crippen LogP) is 4.87. The van der Waals surface area contributed by atoms with E-state index < -0.39 is 11.6 Å². The monoisotopic (exact) mass is 476 g/mol. The fourth-order valence-electron chi connectivity index (χ4n) is 2.21. The zero-order chi connectivity index (χ0) is 18.0. The Morgan fingerprint density at radius 1 is 1.33 bits per heavy atom. The van der Waals surface area contributed by atoms with Crippen molar-refractivity contribution in [1.29, 1.82) is 0 Å². The maximum absolute atomic E-state index is 13.5. The molecule has 0 bridgehead atoms. The Balaban J connectivity index is 2.72. The molecule has 0 saturated carbocycles. The van der Waals surface area contributed by atoms with Crippen molar-refractivity contribution in [1.82, 2.24) is 0 Å². The minimum Gasteiger partial charge on any atom is -0.386 e. The zero-order valence-electron chi connectivity index (χ0n) is 12.7. The first-order valence-electron chi connectivity index (χ1n) is 6.69. The number of nitrogens with zero attached hydrogens (tertiary/aromatic N) is 1. The fourth-order valence-corrected chi connectivity index (χ4v) is 4.17. The molecule has 0 unspecified atom stereocenters. The van der Waals surface area contributed by atoms with Crippen LogP contribution in [0.1, 0.15) is 15.9 Å². The van der Waals surface area contributed by atoms with Crippen molar-refractivity contribution in [2.75, 3.05) is 24.3 Å². The van der Waals surface area contributed by atoms with Crippen molar-refractivity contribution >= 4 is 67.0 Å². The summed E-state index contributed by atoms with van der Waals surface area (Å²) in [6.45, 7) is 0. The second-order valence-corrected chi connectivity index (χ2v) is 6.92. The molecule has 24 heavy (non-hydrogen) atoms. The van der Waals surface area contributed by atoms with Crippen molar-refractivity contribution in [3.63, 3.8) is 0 Å². The smallest absolute Gasteiger partial charge is 0.213 e. The molecule has 0 aromatic heterocycles. The summed E-state index contributed by atoms with van der Waals surface area (Å²) in [5.41, 5.74) is 1.39. The van der Waals surface area contributed by atoms with Gasteiger partial charge in [-0.15, -0.1) is 0 Å². The third-order valence-corrected chi connectivity index (χ3v) is 5.10. The molecule has 1 N–H and O–H groups in total. The van der Waals surface area contributed by atoms with Crippen LogP contribution in [-0.4, -0.2) is 26.3 Å². The normalized spacial score (nSPS) is 10.4. The predicted molar refractivity (Wildman–Crippen MR) is 101 cm³/mol. The lowest BCUT2D eigenvalue weighted by Gasteiger charge is -2.21. The van der Waals surface area contributed by atoms with Crippen LogP contribution in [0, 0.1) is 5.82 Å². The minimum atomic E-state index is -0.563. The van der Waals surface area contributed by atoms with Gasteiger partial charge in [0.25, 0.3) is 0 Å². The number of nitrogens with one attached hydrogen (secondary N) is 1. The van der Waals surface area contributed by atoms with E-state index >= 15 is 0 Å². The quantitative estimate of drug-likeness (QED) is 0.493. The second kappa shape index (κ2) is 7.63. The van der Waals surface area contributed by atoms with E-state index in [1.54, 1.807) is 20.2 Å². The van der Waals surface area contributed by atoms with Crippen LogP contribution in [0.15, 0.2) is 33.2 Å². The van der Waals surface area contributed by atoms with Gasteiger partial charge in [-0.1, -0.05) is 11.6 Å². The fraction of sp³-hybridized carbons (Fsp3) is 0.125. The van der Waals surface area contributed by atoms with Crippen LogP contribution >= 0.6 is 43.5 Å². The summed E-state index contributed by atoms with van der Waals surface area (Å²) in [5, 5.41) is 3.10. The van der Waals surface area contributed by atoms with Crippen LogP contribution < -0.4 is 10.2 Å². The van der Waals surface area contributed by atoms with E-state index in [0.29, 0.717) is 26.7 Å². The number of anilines is 2. The van der Waals surface area contributed by atoms with Crippen molar-refractivity contribution in [2.45, 2.75) is 0 Å². The van der Waals surface area contributed by atoms with Gasteiger partial charge in [-0.2, -0.15) is 0 Å². The molecule has 0 aliphatic heterocycles. The van der Waals surface area contributed by atoms with Crippen LogP contribution in [0.2, 0.25) is 5.02 Å². The molecule has 0 atom stereocenters. The highest BCUT2D eigenvalue weighted by atomic mass is 79.9. The maximum atomic E-state index is 13.5. The summed E-state index contributed by atoms with van der Waals surface area (Å²) < 4.78 is 14.4. The molecule has 2 aromatic carbocycles. The summed E-state index contributed by atoms with van der Waals surface area (Å²) >= 11 is 12.8. The van der Waals surface area contributed by atoms with Crippen LogP contribution in [0.3, 0.4) is 0 Å². The Kier molecular flexibility index (Phi) is 6.01. The number of halogens is 4. The summed E-state index contributed by atoms with van der Waals surface area (Å²) in [7, 11) is 3.26. The largest absolute Gasteiger partial charge is 0.386 e. The van der Waals surface area contributed by atoms with Crippen molar-refractivity contribution < 1.29 is 14.0 Å². The molecule has 2 aromatic rings. The number of carbonyl (C=O) groups is 2. The standard InChI is InChI=1S/C16H12Br2ClFN2O2/c1-21-12-6-10(17)13(14(18)15(12)22(2)7-23)16(24)9-5-8(20)3-4-11(9)19/h3-7,21H,1-2H3. The Morgan fingerprint density at radius 3 is 2.58 bits per heavy atom. The molecular weight excluding hydrogens is 466 g/mol. The highest BCUT2D eigenvalue weighted by molar-refractivity contribution is 9.11. The molecular formula is C16H12Br2ClFN2O2. The maximum Gasteiger partial charge on any atom is 0.213 e. The van der Waals surface area contributed by atoms with E-state index in [2.05, 4.69) is 37.2 Å². The highest BCUT2D eigenvalue weighted by Crippen LogP contribution is 2.41. The first kappa shape index (κ1) is 18.9. The van der Waals surface area contributed by atoms with Gasteiger partial charge >= 0.3 is 0 Å². The number of ketones is 1. The number of benzene rings is 2. The van der Waals surface area contributed by atoms with Gasteiger partial charge in [-0.25, -0.2) is 4.39 Å². The van der Waals surface area contributed by atoms with E-state index in [4.69, 9.17) is 11.6 Å². The molecule has 0 saturated heterocycles. The molecule has 0 aliphatic carbocycles. The summed E-state index contributed by atoms with van der Waals surface area (Å²) in [6, 6.07) is 5.25. The van der Waals surface area contributed by atoms with Gasteiger partial charge in [-0.3, -0.25) is 9.59 Å². The van der Waals surface area contributed by atoms with Crippen LogP contribution in [0.25, 0.3) is 0 Å². The van der Waals surface area contributed by atoms with Gasteiger partial charge in [0, 0.05) is 24.1 Å². The molecule has 8 heteroatoms. The van der Waals surface area contributed by atoms with Crippen molar-refractivity contribution in [3.8, 4) is 0 Å². The number of carbonyl (C=O) groups excluding carboxylic acids is 2. The average Bonchev–Trinajstić information content (AvgIpc) is 2.55. The van der Waals surface area contributed by atoms with E-state index in [9.17, 15) is 14.0 Å². The molecule has 2 rings (SSSR count). The van der Waals surface area contributed by atoms with Gasteiger partial charge in [-0.05, 0) is 56.1 Å².